The molecule has 4 atom stereocenters. The number of nitrogens with two attached hydrogens (primary N) is 1. The monoisotopic (exact) mass is 608 g/mol. The number of thioether (sulfide) groups is 1. The number of anilines is 2. The first-order valence-corrected chi connectivity index (χ1v) is 14.3. The van der Waals surface area contributed by atoms with E-state index in [9.17, 15) is 39.6 Å². The average molecular weight is 609 g/mol. The number of ketones is 2. The summed E-state index contributed by atoms with van der Waals surface area (Å²) in [7, 11) is 6.57. The van der Waals surface area contributed by atoms with Crippen molar-refractivity contribution in [3.05, 3.63) is 64.4 Å². The Morgan fingerprint density at radius 3 is 2.30 bits per heavy atom. The Labute approximate surface area is 251 Å². The van der Waals surface area contributed by atoms with Crippen molar-refractivity contribution < 1.29 is 39.6 Å². The van der Waals surface area contributed by atoms with E-state index in [1.54, 1.807) is 63.4 Å². The highest BCUT2D eigenvalue weighted by molar-refractivity contribution is 8.13. The number of aliphatic hydroxyl groups is 3. The molecular weight excluding hydrogens is 576 g/mol. The van der Waals surface area contributed by atoms with Crippen molar-refractivity contribution in [1.82, 2.24) is 4.90 Å². The van der Waals surface area contributed by atoms with Crippen LogP contribution in [0.25, 0.3) is 5.76 Å². The minimum absolute atomic E-state index is 0.0176. The number of phenolic OH excluding ortho intramolecular Hbond substituents is 1. The van der Waals surface area contributed by atoms with Crippen LogP contribution in [0.3, 0.4) is 0 Å². The lowest BCUT2D eigenvalue weighted by molar-refractivity contribution is -0.153. The maximum atomic E-state index is 14.1. The van der Waals surface area contributed by atoms with Gasteiger partial charge in [0, 0.05) is 36.2 Å². The second-order valence-corrected chi connectivity index (χ2v) is 12.4. The minimum atomic E-state index is -2.73. The smallest absolute Gasteiger partial charge is 0.288 e. The number of hydrogen-bond donors (Lipinski definition) is 6. The van der Waals surface area contributed by atoms with Gasteiger partial charge in [-0.25, -0.2) is 0 Å². The molecule has 0 heterocycles. The number of phenols is 1. The van der Waals surface area contributed by atoms with E-state index in [0.717, 1.165) is 11.8 Å². The number of carbonyl (C=O) groups excluding carboxylic acids is 4. The highest BCUT2D eigenvalue weighted by Gasteiger charge is 2.64. The van der Waals surface area contributed by atoms with Crippen LogP contribution in [0.15, 0.2) is 58.2 Å². The van der Waals surface area contributed by atoms with Crippen LogP contribution >= 0.6 is 11.8 Å². The molecule has 0 saturated heterocycles. The van der Waals surface area contributed by atoms with E-state index in [1.807, 2.05) is 6.07 Å². The van der Waals surface area contributed by atoms with Crippen molar-refractivity contribution in [1.29, 1.82) is 0 Å². The fraction of sp³-hybridized carbons (Fsp3) is 0.333. The quantitative estimate of drug-likeness (QED) is 0.166. The molecule has 0 unspecified atom stereocenters. The lowest BCUT2D eigenvalue weighted by Crippen LogP contribution is -2.65. The largest absolute Gasteiger partial charge is 0.508 e. The lowest BCUT2D eigenvalue weighted by Gasteiger charge is -2.50. The number of aromatic hydroxyl groups is 1. The van der Waals surface area contributed by atoms with Crippen LogP contribution in [0.2, 0.25) is 0 Å². The van der Waals surface area contributed by atoms with E-state index in [2.05, 4.69) is 5.32 Å². The van der Waals surface area contributed by atoms with Crippen molar-refractivity contribution in [3.8, 4) is 5.75 Å². The predicted octanol–water partition coefficient (Wildman–Crippen LogP) is 2.35. The minimum Gasteiger partial charge on any atom is -0.508 e. The van der Waals surface area contributed by atoms with Crippen molar-refractivity contribution in [3.63, 3.8) is 0 Å². The van der Waals surface area contributed by atoms with Crippen LogP contribution in [0.1, 0.15) is 17.5 Å². The topological polar surface area (TPSA) is 194 Å². The number of Topliss-reactive ketones (excluding diaryl/α,β-unsaturated/α-hetero) is 2. The molecule has 2 aromatic rings. The summed E-state index contributed by atoms with van der Waals surface area (Å²) in [5, 5.41) is 47.9. The van der Waals surface area contributed by atoms with Crippen LogP contribution < -0.4 is 16.0 Å². The van der Waals surface area contributed by atoms with Gasteiger partial charge in [0.2, 0.25) is 5.78 Å². The summed E-state index contributed by atoms with van der Waals surface area (Å²) < 4.78 is 0. The Morgan fingerprint density at radius 2 is 1.72 bits per heavy atom. The molecule has 3 aliphatic rings. The van der Waals surface area contributed by atoms with Crippen LogP contribution in [-0.4, -0.2) is 87.9 Å². The van der Waals surface area contributed by atoms with Gasteiger partial charge in [0.15, 0.2) is 17.1 Å². The number of benzene rings is 2. The molecule has 0 aliphatic heterocycles. The number of rotatable bonds is 5. The molecule has 7 N–H and O–H groups in total. The van der Waals surface area contributed by atoms with Crippen LogP contribution in [0, 0.1) is 11.8 Å². The molecule has 2 aromatic carbocycles. The van der Waals surface area contributed by atoms with Crippen molar-refractivity contribution in [2.24, 2.45) is 17.6 Å². The van der Waals surface area contributed by atoms with Crippen LogP contribution in [0.4, 0.5) is 16.2 Å². The van der Waals surface area contributed by atoms with Gasteiger partial charge in [0.1, 0.15) is 17.1 Å². The first kappa shape index (κ1) is 30.1. The summed E-state index contributed by atoms with van der Waals surface area (Å²) in [6.45, 7) is 0. The van der Waals surface area contributed by atoms with Gasteiger partial charge < -0.3 is 36.4 Å². The molecule has 1 fully saturated rings. The number of carbonyl (C=O) groups is 4. The Morgan fingerprint density at radius 1 is 1.07 bits per heavy atom. The van der Waals surface area contributed by atoms with Gasteiger partial charge in [-0.3, -0.25) is 24.1 Å². The number of amides is 2. The lowest BCUT2D eigenvalue weighted by atomic mass is 9.57. The molecule has 0 aromatic heterocycles. The Kier molecular flexibility index (Phi) is 7.53. The average Bonchev–Trinajstić information content (AvgIpc) is 2.92. The molecule has 1 saturated carbocycles. The summed E-state index contributed by atoms with van der Waals surface area (Å²) in [4.78, 5) is 56.2. The summed E-state index contributed by atoms with van der Waals surface area (Å²) in [5.41, 5.74) is 2.41. The van der Waals surface area contributed by atoms with E-state index in [4.69, 9.17) is 5.73 Å². The molecule has 0 bridgehead atoms. The van der Waals surface area contributed by atoms with E-state index in [0.29, 0.717) is 16.1 Å². The molecule has 43 heavy (non-hydrogen) atoms. The number of primary amides is 1. The second-order valence-electron chi connectivity index (χ2n) is 11.3. The van der Waals surface area contributed by atoms with Crippen LogP contribution in [0.5, 0.6) is 5.75 Å². The van der Waals surface area contributed by atoms with E-state index in [-0.39, 0.29) is 29.7 Å². The number of likely N-dealkylation sites (N-methyl/N-ethyl adjacent to an activating group) is 1. The van der Waals surface area contributed by atoms with E-state index >= 15 is 0 Å². The Balaban J connectivity index is 1.65. The first-order valence-electron chi connectivity index (χ1n) is 13.4. The first-order chi connectivity index (χ1) is 20.2. The molecular formula is C30H32N4O8S. The van der Waals surface area contributed by atoms with Gasteiger partial charge in [0.25, 0.3) is 11.1 Å². The third-order valence-electron chi connectivity index (χ3n) is 8.37. The van der Waals surface area contributed by atoms with Gasteiger partial charge in [0.05, 0.1) is 17.3 Å². The number of aliphatic hydroxyl groups excluding tert-OH is 2. The second kappa shape index (κ2) is 10.7. The Hall–Kier alpha value is -4.33. The predicted molar refractivity (Wildman–Crippen MR) is 160 cm³/mol. The summed E-state index contributed by atoms with van der Waals surface area (Å²) in [6.07, 6.45) is 0.105. The maximum absolute atomic E-state index is 14.1. The molecule has 3 aliphatic carbocycles. The Bertz CT molecular complexity index is 1630. The van der Waals surface area contributed by atoms with Gasteiger partial charge in [-0.15, -0.1) is 0 Å². The molecule has 2 amide bonds. The van der Waals surface area contributed by atoms with E-state index in [1.165, 1.54) is 4.90 Å². The fourth-order valence-electron chi connectivity index (χ4n) is 6.52. The highest BCUT2D eigenvalue weighted by atomic mass is 32.2. The number of nitrogens with zero attached hydrogens (tertiary/aromatic N) is 2. The van der Waals surface area contributed by atoms with Gasteiger partial charge in [-0.2, -0.15) is 0 Å². The molecule has 5 rings (SSSR count). The third kappa shape index (κ3) is 4.64. The van der Waals surface area contributed by atoms with Crippen molar-refractivity contribution in [2.75, 3.05) is 38.4 Å². The van der Waals surface area contributed by atoms with Gasteiger partial charge >= 0.3 is 0 Å². The fourth-order valence-corrected chi connectivity index (χ4v) is 7.19. The highest BCUT2D eigenvalue weighted by Crippen LogP contribution is 2.54. The maximum Gasteiger partial charge on any atom is 0.288 e. The van der Waals surface area contributed by atoms with Gasteiger partial charge in [-0.1, -0.05) is 18.2 Å². The summed E-state index contributed by atoms with van der Waals surface area (Å²) >= 11 is 0.897. The SMILES string of the molecule is CN(C)c1cc(NC(=O)Sc2ccccc2)c(O)c2c1C[C@@H]1C[C@H]3[C@@H](N(C)C)C(=O)C(C(N)=O)=C(O)[C@]3(O)C(=O)C1=C2O. The molecule has 0 spiro atoms. The zero-order valence-corrected chi connectivity index (χ0v) is 24.7. The number of hydrogen-bond acceptors (Lipinski definition) is 11. The van der Waals surface area contributed by atoms with Crippen molar-refractivity contribution >= 4 is 51.6 Å². The number of nitrogens with one attached hydrogen (secondary N) is 1. The van der Waals surface area contributed by atoms with Gasteiger partial charge in [-0.05, 0) is 68.4 Å². The van der Waals surface area contributed by atoms with Crippen LogP contribution in [-0.2, 0) is 20.8 Å². The van der Waals surface area contributed by atoms with Crippen molar-refractivity contribution in [2.45, 2.75) is 29.4 Å². The molecule has 12 nitrogen and oxygen atoms in total. The molecule has 0 radical (unpaired) electrons. The normalized spacial score (nSPS) is 24.8. The summed E-state index contributed by atoms with van der Waals surface area (Å²) in [6, 6.07) is 9.26. The van der Waals surface area contributed by atoms with E-state index < -0.39 is 69.0 Å². The standard InChI is InChI=1S/C30H32N4O8S/c1-33(2)18-12-17(32-29(41)43-14-8-6-5-7-9-14)23(35)20-15(18)10-13-11-16-22(34(3)4)25(37)21(28(31)40)27(39)30(16,42)26(38)19(13)24(20)36/h5-9,12-13,16,22,35-36,39,42H,10-11H2,1-4H3,(H2,31,40)(H,32,41)/t13-,16+,22-,30-/m1/s1. The molecule has 13 heteroatoms. The zero-order valence-electron chi connectivity index (χ0n) is 23.9. The molecule has 226 valence electrons. The third-order valence-corrected chi connectivity index (χ3v) is 9.16. The zero-order chi connectivity index (χ0) is 31.5. The number of fused-ring (bicyclic) bond motifs is 3. The summed E-state index contributed by atoms with van der Waals surface area (Å²) in [5.74, 6) is -7.38.